The monoisotopic (exact) mass is 433 g/mol. The van der Waals surface area contributed by atoms with Crippen molar-refractivity contribution in [3.63, 3.8) is 0 Å². The SMILES string of the molecule is CC(C)(O)C1CCC(Nc2cccc3nc(Nc4ccc(C(F)(F)F)cc4)nn23)CC1. The fraction of sp³-hybridized carbons (Fsp3) is 0.455. The summed E-state index contributed by atoms with van der Waals surface area (Å²) in [4.78, 5) is 4.42. The van der Waals surface area contributed by atoms with Gasteiger partial charge >= 0.3 is 6.18 Å². The van der Waals surface area contributed by atoms with Crippen LogP contribution in [0.5, 0.6) is 0 Å². The Kier molecular flexibility index (Phi) is 5.55. The summed E-state index contributed by atoms with van der Waals surface area (Å²) < 4.78 is 39.9. The number of benzene rings is 1. The van der Waals surface area contributed by atoms with Crippen LogP contribution in [0.4, 0.5) is 30.6 Å². The molecular weight excluding hydrogens is 407 g/mol. The minimum atomic E-state index is -4.37. The molecule has 6 nitrogen and oxygen atoms in total. The van der Waals surface area contributed by atoms with Crippen LogP contribution in [0.1, 0.15) is 45.1 Å². The van der Waals surface area contributed by atoms with Crippen molar-refractivity contribution in [3.8, 4) is 0 Å². The lowest BCUT2D eigenvalue weighted by atomic mass is 9.77. The predicted octanol–water partition coefficient (Wildman–Crippen LogP) is 5.23. The van der Waals surface area contributed by atoms with E-state index in [1.54, 1.807) is 4.52 Å². The number of halogens is 3. The van der Waals surface area contributed by atoms with Crippen LogP contribution in [0.3, 0.4) is 0 Å². The van der Waals surface area contributed by atoms with Crippen LogP contribution >= 0.6 is 0 Å². The van der Waals surface area contributed by atoms with Gasteiger partial charge in [-0.15, -0.1) is 5.10 Å². The highest BCUT2D eigenvalue weighted by Gasteiger charge is 2.32. The Labute approximate surface area is 178 Å². The first-order valence-corrected chi connectivity index (χ1v) is 10.4. The van der Waals surface area contributed by atoms with Gasteiger partial charge in [-0.25, -0.2) is 0 Å². The molecule has 31 heavy (non-hydrogen) atoms. The van der Waals surface area contributed by atoms with Crippen molar-refractivity contribution >= 4 is 23.1 Å². The van der Waals surface area contributed by atoms with Gasteiger partial charge < -0.3 is 15.7 Å². The highest BCUT2D eigenvalue weighted by molar-refractivity contribution is 5.58. The van der Waals surface area contributed by atoms with Crippen molar-refractivity contribution in [1.29, 1.82) is 0 Å². The molecule has 0 atom stereocenters. The van der Waals surface area contributed by atoms with E-state index in [0.717, 1.165) is 43.6 Å². The van der Waals surface area contributed by atoms with Gasteiger partial charge in [-0.3, -0.25) is 0 Å². The number of anilines is 3. The Balaban J connectivity index is 1.46. The molecule has 1 aliphatic rings. The van der Waals surface area contributed by atoms with Gasteiger partial charge in [0.1, 0.15) is 5.82 Å². The summed E-state index contributed by atoms with van der Waals surface area (Å²) in [5.74, 6) is 1.41. The standard InChI is InChI=1S/C22H26F3N5O/c1-21(2,31)14-6-10-16(11-7-14)26-18-4-3-5-19-28-20(29-30(18)19)27-17-12-8-15(9-13-17)22(23,24)25/h3-5,8-9,12-14,16,26,31H,6-7,10-11H2,1-2H3,(H,27,29). The number of hydrogen-bond acceptors (Lipinski definition) is 5. The van der Waals surface area contributed by atoms with E-state index in [2.05, 4.69) is 20.7 Å². The molecule has 2 heterocycles. The number of aromatic nitrogens is 3. The minimum absolute atomic E-state index is 0.278. The second kappa shape index (κ2) is 8.03. The molecule has 3 N–H and O–H groups in total. The lowest BCUT2D eigenvalue weighted by Gasteiger charge is -2.36. The van der Waals surface area contributed by atoms with E-state index in [0.29, 0.717) is 23.2 Å². The molecule has 166 valence electrons. The highest BCUT2D eigenvalue weighted by Crippen LogP contribution is 2.34. The topological polar surface area (TPSA) is 74.5 Å². The maximum absolute atomic E-state index is 12.7. The Bertz CT molecular complexity index is 1030. The van der Waals surface area contributed by atoms with Crippen molar-refractivity contribution in [2.75, 3.05) is 10.6 Å². The quantitative estimate of drug-likeness (QED) is 0.514. The van der Waals surface area contributed by atoms with Crippen LogP contribution in [0, 0.1) is 5.92 Å². The first-order valence-electron chi connectivity index (χ1n) is 10.4. The summed E-state index contributed by atoms with van der Waals surface area (Å²) in [7, 11) is 0. The summed E-state index contributed by atoms with van der Waals surface area (Å²) in [6.45, 7) is 3.74. The smallest absolute Gasteiger partial charge is 0.390 e. The molecule has 1 saturated carbocycles. The van der Waals surface area contributed by atoms with Gasteiger partial charge in [0.15, 0.2) is 5.65 Å². The zero-order valence-corrected chi connectivity index (χ0v) is 17.4. The summed E-state index contributed by atoms with van der Waals surface area (Å²) >= 11 is 0. The minimum Gasteiger partial charge on any atom is -0.390 e. The van der Waals surface area contributed by atoms with Crippen LogP contribution in [0.2, 0.25) is 0 Å². The Morgan fingerprint density at radius 3 is 2.29 bits per heavy atom. The number of nitrogens with zero attached hydrogens (tertiary/aromatic N) is 3. The Morgan fingerprint density at radius 2 is 1.68 bits per heavy atom. The molecule has 3 aromatic rings. The summed E-state index contributed by atoms with van der Waals surface area (Å²) in [6.07, 6.45) is -0.552. The number of fused-ring (bicyclic) bond motifs is 1. The lowest BCUT2D eigenvalue weighted by molar-refractivity contribution is -0.137. The van der Waals surface area contributed by atoms with E-state index in [9.17, 15) is 18.3 Å². The van der Waals surface area contributed by atoms with Crippen LogP contribution in [-0.2, 0) is 6.18 Å². The van der Waals surface area contributed by atoms with Gasteiger partial charge in [0.05, 0.1) is 11.2 Å². The fourth-order valence-corrected chi connectivity index (χ4v) is 4.09. The highest BCUT2D eigenvalue weighted by atomic mass is 19.4. The summed E-state index contributed by atoms with van der Waals surface area (Å²) in [5.41, 5.74) is -0.254. The molecular formula is C22H26F3N5O. The molecule has 0 spiro atoms. The first-order chi connectivity index (χ1) is 14.6. The normalized spacial score (nSPS) is 20.1. The summed E-state index contributed by atoms with van der Waals surface area (Å²) in [5, 5.41) is 21.2. The van der Waals surface area contributed by atoms with Crippen LogP contribution in [0.25, 0.3) is 5.65 Å². The predicted molar refractivity (Wildman–Crippen MR) is 113 cm³/mol. The average Bonchev–Trinajstić information content (AvgIpc) is 3.11. The van der Waals surface area contributed by atoms with Crippen LogP contribution < -0.4 is 10.6 Å². The van der Waals surface area contributed by atoms with Crippen LogP contribution in [-0.4, -0.2) is 31.3 Å². The number of rotatable bonds is 5. The Morgan fingerprint density at radius 1 is 1.00 bits per heavy atom. The average molecular weight is 433 g/mol. The molecule has 0 saturated heterocycles. The number of aliphatic hydroxyl groups is 1. The van der Waals surface area contributed by atoms with Gasteiger partial charge in [0.2, 0.25) is 5.95 Å². The largest absolute Gasteiger partial charge is 0.416 e. The van der Waals surface area contributed by atoms with Gasteiger partial charge in [-0.1, -0.05) is 6.07 Å². The second-order valence-corrected chi connectivity index (χ2v) is 8.66. The molecule has 2 aromatic heterocycles. The number of nitrogens with one attached hydrogen (secondary N) is 2. The third-order valence-corrected chi connectivity index (χ3v) is 5.91. The van der Waals surface area contributed by atoms with Crippen molar-refractivity contribution < 1.29 is 18.3 Å². The van der Waals surface area contributed by atoms with E-state index in [1.807, 2.05) is 32.0 Å². The zero-order chi connectivity index (χ0) is 22.2. The molecule has 4 rings (SSSR count). The number of alkyl halides is 3. The van der Waals surface area contributed by atoms with Gasteiger partial charge in [-0.2, -0.15) is 22.7 Å². The lowest BCUT2D eigenvalue weighted by Crippen LogP contribution is -2.37. The van der Waals surface area contributed by atoms with Crippen molar-refractivity contribution in [2.24, 2.45) is 5.92 Å². The van der Waals surface area contributed by atoms with Gasteiger partial charge in [0.25, 0.3) is 0 Å². The third-order valence-electron chi connectivity index (χ3n) is 5.91. The number of pyridine rings is 1. The maximum Gasteiger partial charge on any atom is 0.416 e. The fourth-order valence-electron chi connectivity index (χ4n) is 4.09. The van der Waals surface area contributed by atoms with Gasteiger partial charge in [0, 0.05) is 11.7 Å². The van der Waals surface area contributed by atoms with Crippen molar-refractivity contribution in [3.05, 3.63) is 48.0 Å². The molecule has 0 radical (unpaired) electrons. The summed E-state index contributed by atoms with van der Waals surface area (Å²) in [6, 6.07) is 10.7. The van der Waals surface area contributed by atoms with E-state index in [1.165, 1.54) is 12.1 Å². The molecule has 0 unspecified atom stereocenters. The molecule has 0 bridgehead atoms. The maximum atomic E-state index is 12.7. The van der Waals surface area contributed by atoms with E-state index in [4.69, 9.17) is 0 Å². The van der Waals surface area contributed by atoms with E-state index < -0.39 is 17.3 Å². The van der Waals surface area contributed by atoms with Crippen molar-refractivity contribution in [2.45, 2.75) is 57.3 Å². The molecule has 1 aromatic carbocycles. The van der Waals surface area contributed by atoms with E-state index >= 15 is 0 Å². The van der Waals surface area contributed by atoms with Gasteiger partial charge in [-0.05, 0) is 81.8 Å². The molecule has 9 heteroatoms. The molecule has 1 aliphatic carbocycles. The third kappa shape index (κ3) is 4.92. The molecule has 0 aliphatic heterocycles. The number of hydrogen-bond donors (Lipinski definition) is 3. The Hall–Kier alpha value is -2.81. The second-order valence-electron chi connectivity index (χ2n) is 8.66. The van der Waals surface area contributed by atoms with E-state index in [-0.39, 0.29) is 6.04 Å². The van der Waals surface area contributed by atoms with Crippen molar-refractivity contribution in [1.82, 2.24) is 14.6 Å². The van der Waals surface area contributed by atoms with Crippen LogP contribution in [0.15, 0.2) is 42.5 Å². The molecule has 0 amide bonds. The molecule has 1 fully saturated rings. The first kappa shape index (κ1) is 21.4. The zero-order valence-electron chi connectivity index (χ0n) is 17.4.